The second-order valence-electron chi connectivity index (χ2n) is 4.73. The van der Waals surface area contributed by atoms with Crippen LogP contribution in [0.25, 0.3) is 0 Å². The molecular weight excluding hydrogens is 228 g/mol. The molecule has 1 aromatic heterocycles. The fourth-order valence-corrected chi connectivity index (χ4v) is 2.24. The summed E-state index contributed by atoms with van der Waals surface area (Å²) >= 11 is 0. The summed E-state index contributed by atoms with van der Waals surface area (Å²) in [4.78, 5) is 10.7. The lowest BCUT2D eigenvalue weighted by Gasteiger charge is -2.27. The SMILES string of the molecule is CCNc1cc(N(C)CC2CCOCC2)ncn1. The first-order valence-corrected chi connectivity index (χ1v) is 6.64. The summed E-state index contributed by atoms with van der Waals surface area (Å²) < 4.78 is 5.38. The Balaban J connectivity index is 1.94. The molecule has 5 heteroatoms. The molecule has 0 amide bonds. The van der Waals surface area contributed by atoms with Crippen LogP contribution < -0.4 is 10.2 Å². The lowest BCUT2D eigenvalue weighted by molar-refractivity contribution is 0.0685. The summed E-state index contributed by atoms with van der Waals surface area (Å²) in [7, 11) is 2.09. The van der Waals surface area contributed by atoms with Crippen molar-refractivity contribution in [1.29, 1.82) is 0 Å². The molecule has 1 aliphatic rings. The molecule has 0 atom stereocenters. The summed E-state index contributed by atoms with van der Waals surface area (Å²) in [5, 5.41) is 3.21. The van der Waals surface area contributed by atoms with E-state index in [1.165, 1.54) is 0 Å². The van der Waals surface area contributed by atoms with Crippen LogP contribution in [0.4, 0.5) is 11.6 Å². The average Bonchev–Trinajstić information content (AvgIpc) is 2.40. The van der Waals surface area contributed by atoms with Gasteiger partial charge in [0.1, 0.15) is 18.0 Å². The highest BCUT2D eigenvalue weighted by Gasteiger charge is 2.16. The maximum Gasteiger partial charge on any atom is 0.133 e. The first-order valence-electron chi connectivity index (χ1n) is 6.64. The second kappa shape index (κ2) is 6.54. The minimum Gasteiger partial charge on any atom is -0.381 e. The molecule has 0 saturated carbocycles. The highest BCUT2D eigenvalue weighted by atomic mass is 16.5. The predicted octanol–water partition coefficient (Wildman–Crippen LogP) is 1.77. The van der Waals surface area contributed by atoms with Crippen LogP contribution in [0.3, 0.4) is 0 Å². The molecule has 2 heterocycles. The van der Waals surface area contributed by atoms with Crippen molar-refractivity contribution in [3.8, 4) is 0 Å². The Kier molecular flexibility index (Phi) is 4.75. The van der Waals surface area contributed by atoms with E-state index in [-0.39, 0.29) is 0 Å². The molecule has 0 aromatic carbocycles. The Bertz CT molecular complexity index is 366. The highest BCUT2D eigenvalue weighted by Crippen LogP contribution is 2.19. The van der Waals surface area contributed by atoms with Crippen molar-refractivity contribution in [3.63, 3.8) is 0 Å². The van der Waals surface area contributed by atoms with Gasteiger partial charge in [-0.2, -0.15) is 0 Å². The van der Waals surface area contributed by atoms with Crippen molar-refractivity contribution in [2.24, 2.45) is 5.92 Å². The van der Waals surface area contributed by atoms with E-state index < -0.39 is 0 Å². The average molecular weight is 250 g/mol. The van der Waals surface area contributed by atoms with Gasteiger partial charge < -0.3 is 15.0 Å². The minimum absolute atomic E-state index is 0.710. The van der Waals surface area contributed by atoms with Crippen LogP contribution in [-0.2, 0) is 4.74 Å². The van der Waals surface area contributed by atoms with Gasteiger partial charge in [0, 0.05) is 39.4 Å². The highest BCUT2D eigenvalue weighted by molar-refractivity contribution is 5.47. The van der Waals surface area contributed by atoms with Crippen LogP contribution in [0.15, 0.2) is 12.4 Å². The fraction of sp³-hybridized carbons (Fsp3) is 0.692. The van der Waals surface area contributed by atoms with Crippen LogP contribution in [0.2, 0.25) is 0 Å². The largest absolute Gasteiger partial charge is 0.381 e. The van der Waals surface area contributed by atoms with Crippen LogP contribution in [0.5, 0.6) is 0 Å². The summed E-state index contributed by atoms with van der Waals surface area (Å²) in [5.41, 5.74) is 0. The molecule has 2 rings (SSSR count). The van der Waals surface area contributed by atoms with Gasteiger partial charge in [-0.25, -0.2) is 9.97 Å². The van der Waals surface area contributed by atoms with Gasteiger partial charge in [-0.3, -0.25) is 0 Å². The molecular formula is C13H22N4O. The van der Waals surface area contributed by atoms with E-state index in [0.29, 0.717) is 5.92 Å². The molecule has 1 aliphatic heterocycles. The van der Waals surface area contributed by atoms with E-state index in [1.807, 2.05) is 6.07 Å². The zero-order chi connectivity index (χ0) is 12.8. The Labute approximate surface area is 109 Å². The van der Waals surface area contributed by atoms with E-state index >= 15 is 0 Å². The molecule has 1 saturated heterocycles. The Morgan fingerprint density at radius 2 is 2.17 bits per heavy atom. The van der Waals surface area contributed by atoms with Gasteiger partial charge in [0.25, 0.3) is 0 Å². The number of nitrogens with one attached hydrogen (secondary N) is 1. The molecule has 5 nitrogen and oxygen atoms in total. The number of nitrogens with zero attached hydrogens (tertiary/aromatic N) is 3. The number of hydrogen-bond acceptors (Lipinski definition) is 5. The van der Waals surface area contributed by atoms with Crippen molar-refractivity contribution in [2.45, 2.75) is 19.8 Å². The number of aromatic nitrogens is 2. The van der Waals surface area contributed by atoms with E-state index in [1.54, 1.807) is 6.33 Å². The van der Waals surface area contributed by atoms with Gasteiger partial charge in [-0.15, -0.1) is 0 Å². The standard InChI is InChI=1S/C13H22N4O/c1-3-14-12-8-13(16-10-15-12)17(2)9-11-4-6-18-7-5-11/h8,10-11H,3-7,9H2,1-2H3,(H,14,15,16). The van der Waals surface area contributed by atoms with Crippen LogP contribution in [0, 0.1) is 5.92 Å². The number of ether oxygens (including phenoxy) is 1. The maximum atomic E-state index is 5.38. The molecule has 0 bridgehead atoms. The van der Waals surface area contributed by atoms with Gasteiger partial charge in [0.05, 0.1) is 0 Å². The molecule has 1 N–H and O–H groups in total. The van der Waals surface area contributed by atoms with Crippen molar-refractivity contribution in [1.82, 2.24) is 9.97 Å². The zero-order valence-electron chi connectivity index (χ0n) is 11.2. The van der Waals surface area contributed by atoms with Gasteiger partial charge in [-0.1, -0.05) is 0 Å². The quantitative estimate of drug-likeness (QED) is 0.863. The lowest BCUT2D eigenvalue weighted by Crippen LogP contribution is -2.30. The van der Waals surface area contributed by atoms with E-state index in [0.717, 1.165) is 50.8 Å². The number of rotatable bonds is 5. The summed E-state index contributed by atoms with van der Waals surface area (Å²) in [5.74, 6) is 2.58. The zero-order valence-corrected chi connectivity index (χ0v) is 11.2. The maximum absolute atomic E-state index is 5.38. The summed E-state index contributed by atoms with van der Waals surface area (Å²) in [6.45, 7) is 5.76. The molecule has 0 radical (unpaired) electrons. The van der Waals surface area contributed by atoms with Gasteiger partial charge in [-0.05, 0) is 25.7 Å². The topological polar surface area (TPSA) is 50.3 Å². The van der Waals surface area contributed by atoms with Gasteiger partial charge in [0.15, 0.2) is 0 Å². The van der Waals surface area contributed by atoms with Crippen LogP contribution in [0.1, 0.15) is 19.8 Å². The monoisotopic (exact) mass is 250 g/mol. The van der Waals surface area contributed by atoms with Crippen molar-refractivity contribution < 1.29 is 4.74 Å². The number of hydrogen-bond donors (Lipinski definition) is 1. The molecule has 1 aromatic rings. The third-order valence-corrected chi connectivity index (χ3v) is 3.27. The van der Waals surface area contributed by atoms with E-state index in [4.69, 9.17) is 4.74 Å². The Morgan fingerprint density at radius 1 is 1.39 bits per heavy atom. The second-order valence-corrected chi connectivity index (χ2v) is 4.73. The summed E-state index contributed by atoms with van der Waals surface area (Å²) in [6, 6.07) is 2.00. The van der Waals surface area contributed by atoms with Crippen molar-refractivity contribution in [3.05, 3.63) is 12.4 Å². The lowest BCUT2D eigenvalue weighted by atomic mass is 10.00. The first-order chi connectivity index (χ1) is 8.79. The smallest absolute Gasteiger partial charge is 0.133 e. The predicted molar refractivity (Wildman–Crippen MR) is 73.0 cm³/mol. The van der Waals surface area contributed by atoms with Gasteiger partial charge in [0.2, 0.25) is 0 Å². The normalized spacial score (nSPS) is 16.6. The van der Waals surface area contributed by atoms with Crippen LogP contribution >= 0.6 is 0 Å². The molecule has 0 spiro atoms. The first kappa shape index (κ1) is 13.1. The Morgan fingerprint density at radius 3 is 2.89 bits per heavy atom. The molecule has 0 aliphatic carbocycles. The van der Waals surface area contributed by atoms with E-state index in [9.17, 15) is 0 Å². The molecule has 1 fully saturated rings. The summed E-state index contributed by atoms with van der Waals surface area (Å²) in [6.07, 6.45) is 3.92. The third kappa shape index (κ3) is 3.57. The third-order valence-electron chi connectivity index (χ3n) is 3.27. The van der Waals surface area contributed by atoms with Crippen molar-refractivity contribution in [2.75, 3.05) is 43.6 Å². The fourth-order valence-electron chi connectivity index (χ4n) is 2.24. The Hall–Kier alpha value is -1.36. The molecule has 18 heavy (non-hydrogen) atoms. The van der Waals surface area contributed by atoms with Crippen LogP contribution in [-0.4, -0.2) is 43.3 Å². The van der Waals surface area contributed by atoms with Crippen molar-refractivity contribution >= 4 is 11.6 Å². The minimum atomic E-state index is 0.710. The van der Waals surface area contributed by atoms with Gasteiger partial charge >= 0.3 is 0 Å². The molecule has 100 valence electrons. The van der Waals surface area contributed by atoms with E-state index in [2.05, 4.69) is 34.2 Å². The molecule has 0 unspecified atom stereocenters. The number of anilines is 2.